The Morgan fingerprint density at radius 3 is 2.62 bits per heavy atom. The van der Waals surface area contributed by atoms with E-state index in [4.69, 9.17) is 15.6 Å². The molecule has 2 N–H and O–H groups in total. The van der Waals surface area contributed by atoms with Crippen molar-refractivity contribution in [1.29, 1.82) is 5.26 Å². The van der Waals surface area contributed by atoms with Crippen LogP contribution in [0.5, 0.6) is 5.88 Å². The topological polar surface area (TPSA) is 97.2 Å². The van der Waals surface area contributed by atoms with Crippen LogP contribution in [0.4, 0.5) is 5.69 Å². The Morgan fingerprint density at radius 1 is 1.18 bits per heavy atom. The lowest BCUT2D eigenvalue weighted by molar-refractivity contribution is -0.122. The van der Waals surface area contributed by atoms with Gasteiger partial charge in [-0.1, -0.05) is 43.3 Å². The summed E-state index contributed by atoms with van der Waals surface area (Å²) in [4.78, 5) is 16.5. The van der Waals surface area contributed by atoms with Crippen molar-refractivity contribution < 1.29 is 9.53 Å². The number of benzene rings is 2. The predicted molar refractivity (Wildman–Crippen MR) is 128 cm³/mol. The summed E-state index contributed by atoms with van der Waals surface area (Å²) in [5, 5.41) is 15.1. The number of nitriles is 1. The molecule has 3 aliphatic heterocycles. The number of hydrogen-bond acceptors (Lipinski definition) is 5. The lowest BCUT2D eigenvalue weighted by Gasteiger charge is -2.44. The van der Waals surface area contributed by atoms with Gasteiger partial charge < -0.3 is 15.4 Å². The summed E-state index contributed by atoms with van der Waals surface area (Å²) in [6.45, 7) is 8.21. The maximum atomic E-state index is 14.6. The van der Waals surface area contributed by atoms with Gasteiger partial charge in [-0.3, -0.25) is 4.79 Å². The van der Waals surface area contributed by atoms with Crippen molar-refractivity contribution in [3.8, 4) is 17.6 Å². The van der Waals surface area contributed by atoms with Gasteiger partial charge >= 0.3 is 0 Å². The van der Waals surface area contributed by atoms with Crippen molar-refractivity contribution in [3.63, 3.8) is 0 Å². The first-order chi connectivity index (χ1) is 16.2. The van der Waals surface area contributed by atoms with E-state index in [1.165, 1.54) is 0 Å². The number of nitrogens with zero attached hydrogens (tertiary/aromatic N) is 4. The number of anilines is 1. The number of aromatic nitrogens is 2. The lowest BCUT2D eigenvalue weighted by atomic mass is 9.68. The summed E-state index contributed by atoms with van der Waals surface area (Å²) in [6, 6.07) is 17.8. The van der Waals surface area contributed by atoms with E-state index < -0.39 is 11.0 Å². The van der Waals surface area contributed by atoms with Crippen LogP contribution in [0.3, 0.4) is 0 Å². The van der Waals surface area contributed by atoms with Crippen molar-refractivity contribution in [2.45, 2.75) is 51.0 Å². The number of nitrogens with two attached hydrogens (primary N) is 1. The van der Waals surface area contributed by atoms with E-state index in [0.717, 1.165) is 28.9 Å². The Labute approximate surface area is 198 Å². The van der Waals surface area contributed by atoms with Gasteiger partial charge in [0.1, 0.15) is 17.1 Å². The molecule has 34 heavy (non-hydrogen) atoms. The highest BCUT2D eigenvalue weighted by molar-refractivity contribution is 6.16. The van der Waals surface area contributed by atoms with Crippen molar-refractivity contribution in [1.82, 2.24) is 9.78 Å². The zero-order valence-corrected chi connectivity index (χ0v) is 19.6. The van der Waals surface area contributed by atoms with E-state index in [0.29, 0.717) is 17.1 Å². The number of hydrogen-bond donors (Lipinski definition) is 1. The molecule has 7 nitrogen and oxygen atoms in total. The number of carbonyl (C=O) groups excluding carboxylic acids is 1. The van der Waals surface area contributed by atoms with Crippen LogP contribution in [-0.4, -0.2) is 21.2 Å². The zero-order chi connectivity index (χ0) is 24.0. The highest BCUT2D eigenvalue weighted by atomic mass is 16.5. The third-order valence-corrected chi connectivity index (χ3v) is 7.49. The van der Waals surface area contributed by atoms with E-state index in [2.05, 4.69) is 32.9 Å². The first-order valence-electron chi connectivity index (χ1n) is 11.4. The van der Waals surface area contributed by atoms with Crippen LogP contribution in [0.1, 0.15) is 55.5 Å². The molecule has 2 aromatic carbocycles. The monoisotopic (exact) mass is 451 g/mol. The smallest absolute Gasteiger partial charge is 0.248 e. The SMILES string of the molecule is Cc1nn(-c2ccccc2)c2c1[C@]1(C(=O)N3c4c(cccc41)[C@@H](C)CC3(C)C)C(C#N)=C(N)O2. The molecular weight excluding hydrogens is 426 g/mol. The highest BCUT2D eigenvalue weighted by Crippen LogP contribution is 2.61. The number of para-hydroxylation sites is 2. The molecule has 1 spiro atoms. The van der Waals surface area contributed by atoms with Crippen LogP contribution in [0, 0.1) is 18.3 Å². The number of amides is 1. The van der Waals surface area contributed by atoms with Gasteiger partial charge in [0.2, 0.25) is 17.7 Å². The minimum absolute atomic E-state index is 0.0660. The first kappa shape index (κ1) is 20.5. The van der Waals surface area contributed by atoms with Crippen LogP contribution >= 0.6 is 0 Å². The highest BCUT2D eigenvalue weighted by Gasteiger charge is 2.64. The zero-order valence-electron chi connectivity index (χ0n) is 19.6. The van der Waals surface area contributed by atoms with Crippen molar-refractivity contribution >= 4 is 11.6 Å². The van der Waals surface area contributed by atoms with E-state index in [-0.39, 0.29) is 23.3 Å². The molecule has 1 aromatic heterocycles. The fourth-order valence-electron chi connectivity index (χ4n) is 6.29. The molecule has 0 unspecified atom stereocenters. The van der Waals surface area contributed by atoms with E-state index >= 15 is 0 Å². The van der Waals surface area contributed by atoms with Crippen molar-refractivity contribution in [3.05, 3.63) is 82.4 Å². The maximum absolute atomic E-state index is 14.6. The van der Waals surface area contributed by atoms with E-state index in [1.807, 2.05) is 54.3 Å². The summed E-state index contributed by atoms with van der Waals surface area (Å²) >= 11 is 0. The minimum Gasteiger partial charge on any atom is -0.422 e. The van der Waals surface area contributed by atoms with Crippen molar-refractivity contribution in [2.24, 2.45) is 5.73 Å². The average Bonchev–Trinajstić information content (AvgIpc) is 3.26. The molecule has 3 aliphatic rings. The summed E-state index contributed by atoms with van der Waals surface area (Å²) < 4.78 is 7.71. The molecule has 0 aliphatic carbocycles. The van der Waals surface area contributed by atoms with E-state index in [9.17, 15) is 10.1 Å². The molecule has 0 saturated carbocycles. The summed E-state index contributed by atoms with van der Waals surface area (Å²) in [5.74, 6) is 0.399. The average molecular weight is 452 g/mol. The van der Waals surface area contributed by atoms with Gasteiger partial charge in [0, 0.05) is 11.1 Å². The molecule has 0 radical (unpaired) electrons. The van der Waals surface area contributed by atoms with Crippen molar-refractivity contribution in [2.75, 3.05) is 4.90 Å². The Kier molecular flexibility index (Phi) is 3.93. The summed E-state index contributed by atoms with van der Waals surface area (Å²) in [6.07, 6.45) is 0.817. The Bertz CT molecular complexity index is 1460. The molecular formula is C27H25N5O2. The molecule has 170 valence electrons. The summed E-state index contributed by atoms with van der Waals surface area (Å²) in [5.41, 5.74) is 9.43. The molecule has 1 amide bonds. The van der Waals surface area contributed by atoms with Crippen LogP contribution in [0.15, 0.2) is 60.0 Å². The normalized spacial score (nSPS) is 24.0. The van der Waals surface area contributed by atoms with Gasteiger partial charge in [-0.15, -0.1) is 0 Å². The van der Waals surface area contributed by atoms with Gasteiger partial charge in [0.15, 0.2) is 0 Å². The molecule has 0 bridgehead atoms. The predicted octanol–water partition coefficient (Wildman–Crippen LogP) is 4.19. The van der Waals surface area contributed by atoms with Crippen LogP contribution in [0.2, 0.25) is 0 Å². The van der Waals surface area contributed by atoms with Crippen LogP contribution in [-0.2, 0) is 10.2 Å². The summed E-state index contributed by atoms with van der Waals surface area (Å²) in [7, 11) is 0. The fraction of sp³-hybridized carbons (Fsp3) is 0.296. The molecule has 0 fully saturated rings. The third kappa shape index (κ3) is 2.25. The third-order valence-electron chi connectivity index (χ3n) is 7.49. The largest absolute Gasteiger partial charge is 0.422 e. The first-order valence-corrected chi connectivity index (χ1v) is 11.4. The standard InChI is InChI=1S/C27H25N5O2/c1-15-13-26(3,4)31-22-18(15)11-8-12-19(22)27(25(31)33)20(14-28)23(29)34-24-21(27)16(2)30-32(24)17-9-6-5-7-10-17/h5-12,15H,13,29H2,1-4H3/t15-,27+/m0/s1. The maximum Gasteiger partial charge on any atom is 0.248 e. The fourth-order valence-corrected chi connectivity index (χ4v) is 6.29. The quantitative estimate of drug-likeness (QED) is 0.598. The Balaban J connectivity index is 1.75. The molecule has 2 atom stereocenters. The number of aryl methyl sites for hydroxylation is 1. The van der Waals surface area contributed by atoms with E-state index in [1.54, 1.807) is 4.68 Å². The van der Waals surface area contributed by atoms with Gasteiger partial charge in [0.05, 0.1) is 22.6 Å². The second kappa shape index (κ2) is 6.51. The molecule has 6 rings (SSSR count). The Morgan fingerprint density at radius 2 is 1.91 bits per heavy atom. The van der Waals surface area contributed by atoms with Gasteiger partial charge in [-0.2, -0.15) is 10.4 Å². The number of carbonyl (C=O) groups is 1. The number of fused-ring (bicyclic) bond motifs is 3. The van der Waals surface area contributed by atoms with Crippen LogP contribution < -0.4 is 15.4 Å². The molecule has 4 heterocycles. The van der Waals surface area contributed by atoms with Gasteiger partial charge in [-0.25, -0.2) is 4.68 Å². The Hall–Kier alpha value is -4.05. The number of rotatable bonds is 1. The van der Waals surface area contributed by atoms with Crippen LogP contribution in [0.25, 0.3) is 5.69 Å². The second-order valence-electron chi connectivity index (χ2n) is 10.0. The molecule has 0 saturated heterocycles. The van der Waals surface area contributed by atoms with Gasteiger partial charge in [0.25, 0.3) is 0 Å². The second-order valence-corrected chi connectivity index (χ2v) is 10.0. The minimum atomic E-state index is -1.41. The lowest BCUT2D eigenvalue weighted by Crippen LogP contribution is -2.54. The van der Waals surface area contributed by atoms with Gasteiger partial charge in [-0.05, 0) is 50.8 Å². The molecule has 7 heteroatoms. The molecule has 3 aromatic rings. The number of ether oxygens (including phenoxy) is 1.